The average Bonchev–Trinajstić information content (AvgIpc) is 2.91. The maximum Gasteiger partial charge on any atom is 0.417 e. The summed E-state index contributed by atoms with van der Waals surface area (Å²) in [4.78, 5) is 25.9. The number of carbonyl (C=O) groups is 1. The third kappa shape index (κ3) is 10.8. The lowest BCUT2D eigenvalue weighted by molar-refractivity contribution is -0.168. The molecule has 0 aliphatic rings. The lowest BCUT2D eigenvalue weighted by Crippen LogP contribution is -2.41. The number of halogens is 6. The van der Waals surface area contributed by atoms with Gasteiger partial charge in [-0.2, -0.15) is 26.3 Å². The fourth-order valence-corrected chi connectivity index (χ4v) is 6.16. The minimum atomic E-state index is -4.71. The maximum absolute atomic E-state index is 14.0. The number of hydrogen-bond donors (Lipinski definition) is 0. The molecule has 0 fully saturated rings. The van der Waals surface area contributed by atoms with Crippen molar-refractivity contribution in [3.05, 3.63) is 64.0 Å². The number of rotatable bonds is 12. The second-order valence-corrected chi connectivity index (χ2v) is 14.3. The summed E-state index contributed by atoms with van der Waals surface area (Å²) in [5.41, 5.74) is -3.01. The van der Waals surface area contributed by atoms with Gasteiger partial charge in [0.05, 0.1) is 36.7 Å². The predicted octanol–water partition coefficient (Wildman–Crippen LogP) is 10.4. The van der Waals surface area contributed by atoms with Crippen LogP contribution in [0.4, 0.5) is 26.3 Å². The second-order valence-electron chi connectivity index (χ2n) is 14.3. The summed E-state index contributed by atoms with van der Waals surface area (Å²) in [6, 6.07) is 9.35. The highest BCUT2D eigenvalue weighted by Crippen LogP contribution is 2.41. The molecule has 0 amide bonds. The third-order valence-electron chi connectivity index (χ3n) is 7.89. The van der Waals surface area contributed by atoms with Crippen LogP contribution in [0.3, 0.4) is 0 Å². The van der Waals surface area contributed by atoms with Crippen LogP contribution in [0.5, 0.6) is 5.75 Å². The van der Waals surface area contributed by atoms with Crippen LogP contribution < -0.4 is 10.4 Å². The number of hydrogen-bond acceptors (Lipinski definition) is 5. The van der Waals surface area contributed by atoms with Crippen LogP contribution >= 0.6 is 0 Å². The summed E-state index contributed by atoms with van der Waals surface area (Å²) < 4.78 is 98.7. The van der Waals surface area contributed by atoms with Gasteiger partial charge in [-0.05, 0) is 53.5 Å². The number of aryl methyl sites for hydroxylation is 1. The molecule has 3 aromatic rings. The van der Waals surface area contributed by atoms with Crippen molar-refractivity contribution in [2.24, 2.45) is 22.7 Å². The van der Waals surface area contributed by atoms with Crippen LogP contribution in [0.1, 0.15) is 85.3 Å². The van der Waals surface area contributed by atoms with Crippen molar-refractivity contribution in [2.75, 3.05) is 13.2 Å². The Morgan fingerprint density at radius 3 is 2.06 bits per heavy atom. The van der Waals surface area contributed by atoms with E-state index in [-0.39, 0.29) is 22.5 Å². The zero-order chi connectivity index (χ0) is 35.4. The lowest BCUT2D eigenvalue weighted by Gasteiger charge is -2.38. The molecule has 5 nitrogen and oxygen atoms in total. The SMILES string of the molecule is CCCCCc1ccc(-c2cc3ccc(OCC(COC(=O)C(C(C)(C)C)C(C)(C)C)CC(F)(F)F)cc3oc2=O)c(C(F)(F)F)c1. The topological polar surface area (TPSA) is 65.7 Å². The Hall–Kier alpha value is -3.50. The van der Waals surface area contributed by atoms with Gasteiger partial charge in [0.15, 0.2) is 0 Å². The number of carbonyl (C=O) groups excluding carboxylic acids is 1. The summed E-state index contributed by atoms with van der Waals surface area (Å²) in [5.74, 6) is -2.33. The summed E-state index contributed by atoms with van der Waals surface area (Å²) >= 11 is 0. The number of esters is 1. The average molecular weight is 671 g/mol. The summed E-state index contributed by atoms with van der Waals surface area (Å²) in [5, 5.41) is 0.295. The highest BCUT2D eigenvalue weighted by molar-refractivity contribution is 5.83. The van der Waals surface area contributed by atoms with E-state index in [0.29, 0.717) is 17.4 Å². The Bertz CT molecular complexity index is 1560. The molecule has 0 radical (unpaired) electrons. The van der Waals surface area contributed by atoms with Crippen LogP contribution in [0, 0.1) is 22.7 Å². The van der Waals surface area contributed by atoms with Crippen molar-refractivity contribution in [3.63, 3.8) is 0 Å². The number of alkyl halides is 6. The van der Waals surface area contributed by atoms with Gasteiger partial charge in [0, 0.05) is 22.9 Å². The summed E-state index contributed by atoms with van der Waals surface area (Å²) in [6.45, 7) is 12.2. The number of ether oxygens (including phenoxy) is 2. The van der Waals surface area contributed by atoms with Crippen LogP contribution in [0.25, 0.3) is 22.1 Å². The molecule has 3 rings (SSSR count). The van der Waals surface area contributed by atoms with Gasteiger partial charge >= 0.3 is 23.9 Å². The Labute approximate surface area is 271 Å². The minimum Gasteiger partial charge on any atom is -0.493 e. The monoisotopic (exact) mass is 670 g/mol. The van der Waals surface area contributed by atoms with Crippen molar-refractivity contribution in [2.45, 2.75) is 92.9 Å². The van der Waals surface area contributed by atoms with Gasteiger partial charge in [-0.3, -0.25) is 4.79 Å². The molecule has 47 heavy (non-hydrogen) atoms. The third-order valence-corrected chi connectivity index (χ3v) is 7.89. The van der Waals surface area contributed by atoms with Gasteiger partial charge in [-0.25, -0.2) is 4.79 Å². The van der Waals surface area contributed by atoms with Crippen molar-refractivity contribution in [3.8, 4) is 16.9 Å². The van der Waals surface area contributed by atoms with E-state index in [1.165, 1.54) is 30.3 Å². The van der Waals surface area contributed by atoms with E-state index in [9.17, 15) is 35.9 Å². The van der Waals surface area contributed by atoms with E-state index in [1.54, 1.807) is 6.07 Å². The standard InChI is InChI=1S/C36H44F6O5/c1-8-9-10-11-22-12-15-26(28(16-22)36(40,41)42)27-17-24-13-14-25(18-29(24)47-31(27)43)45-20-23(19-35(37,38)39)21-46-32(44)30(33(2,3)4)34(5,6)7/h12-18,23,30H,8-11,19-21H2,1-7H3. The molecule has 0 aliphatic carbocycles. The van der Waals surface area contributed by atoms with E-state index in [1.807, 2.05) is 48.5 Å². The lowest BCUT2D eigenvalue weighted by atomic mass is 9.67. The minimum absolute atomic E-state index is 0.0158. The predicted molar refractivity (Wildman–Crippen MR) is 169 cm³/mol. The van der Waals surface area contributed by atoms with Crippen molar-refractivity contribution in [1.29, 1.82) is 0 Å². The molecule has 1 aromatic heterocycles. The molecule has 1 heterocycles. The Balaban J connectivity index is 1.84. The van der Waals surface area contributed by atoms with E-state index in [0.717, 1.165) is 25.3 Å². The van der Waals surface area contributed by atoms with Gasteiger partial charge in [-0.1, -0.05) is 73.4 Å². The number of benzene rings is 2. The van der Waals surface area contributed by atoms with Gasteiger partial charge in [-0.15, -0.1) is 0 Å². The van der Waals surface area contributed by atoms with Crippen molar-refractivity contribution < 1.29 is 45.0 Å². The maximum atomic E-state index is 14.0. The fraction of sp³-hybridized carbons (Fsp3) is 0.556. The summed E-state index contributed by atoms with van der Waals surface area (Å²) in [7, 11) is 0. The first-order chi connectivity index (χ1) is 21.6. The van der Waals surface area contributed by atoms with Crippen LogP contribution in [0.2, 0.25) is 0 Å². The molecule has 2 aromatic carbocycles. The van der Waals surface area contributed by atoms with Gasteiger partial charge in [0.2, 0.25) is 0 Å². The van der Waals surface area contributed by atoms with Crippen molar-refractivity contribution in [1.82, 2.24) is 0 Å². The molecular formula is C36H44F6O5. The largest absolute Gasteiger partial charge is 0.493 e. The molecule has 260 valence electrons. The molecule has 0 spiro atoms. The first kappa shape index (κ1) is 38.0. The highest BCUT2D eigenvalue weighted by Gasteiger charge is 2.42. The molecule has 1 unspecified atom stereocenters. The number of fused-ring (bicyclic) bond motifs is 1. The quantitative estimate of drug-likeness (QED) is 0.0831. The first-order valence-corrected chi connectivity index (χ1v) is 15.7. The molecule has 11 heteroatoms. The Morgan fingerprint density at radius 1 is 0.830 bits per heavy atom. The molecule has 0 bridgehead atoms. The highest BCUT2D eigenvalue weighted by atomic mass is 19.4. The Kier molecular flexibility index (Phi) is 11.9. The Morgan fingerprint density at radius 2 is 1.49 bits per heavy atom. The molecule has 0 saturated carbocycles. The van der Waals surface area contributed by atoms with Gasteiger partial charge in [0.1, 0.15) is 11.3 Å². The second kappa shape index (κ2) is 14.7. The van der Waals surface area contributed by atoms with E-state index < -0.39 is 71.8 Å². The normalized spacial score (nSPS) is 13.7. The first-order valence-electron chi connectivity index (χ1n) is 15.7. The van der Waals surface area contributed by atoms with Crippen LogP contribution in [0.15, 0.2) is 51.7 Å². The zero-order valence-corrected chi connectivity index (χ0v) is 28.0. The van der Waals surface area contributed by atoms with E-state index in [2.05, 4.69) is 0 Å². The molecule has 0 N–H and O–H groups in total. The number of unbranched alkanes of at least 4 members (excludes halogenated alkanes) is 2. The van der Waals surface area contributed by atoms with Gasteiger partial charge in [0.25, 0.3) is 0 Å². The van der Waals surface area contributed by atoms with Gasteiger partial charge < -0.3 is 13.9 Å². The van der Waals surface area contributed by atoms with Crippen LogP contribution in [-0.2, 0) is 22.1 Å². The van der Waals surface area contributed by atoms with E-state index in [4.69, 9.17) is 13.9 Å². The summed E-state index contributed by atoms with van der Waals surface area (Å²) in [6.07, 6.45) is -7.50. The molecule has 0 aliphatic heterocycles. The van der Waals surface area contributed by atoms with E-state index >= 15 is 0 Å². The zero-order valence-electron chi connectivity index (χ0n) is 28.0. The molecular weight excluding hydrogens is 626 g/mol. The van der Waals surface area contributed by atoms with Crippen molar-refractivity contribution >= 4 is 16.9 Å². The molecule has 0 saturated heterocycles. The fourth-order valence-electron chi connectivity index (χ4n) is 6.16. The van der Waals surface area contributed by atoms with Crippen LogP contribution in [-0.4, -0.2) is 25.4 Å². The molecule has 1 atom stereocenters. The smallest absolute Gasteiger partial charge is 0.417 e.